The van der Waals surface area contributed by atoms with E-state index in [4.69, 9.17) is 11.6 Å². The van der Waals surface area contributed by atoms with E-state index in [0.29, 0.717) is 12.4 Å². The van der Waals surface area contributed by atoms with Gasteiger partial charge in [0, 0.05) is 19.0 Å². The second-order valence-electron chi connectivity index (χ2n) is 5.75. The van der Waals surface area contributed by atoms with E-state index in [2.05, 4.69) is 19.2 Å². The fraction of sp³-hybridized carbons (Fsp3) is 0.600. The number of nitrogens with one attached hydrogen (secondary N) is 1. The zero-order chi connectivity index (χ0) is 15.2. The Morgan fingerprint density at radius 3 is 2.20 bits per heavy atom. The Morgan fingerprint density at radius 1 is 1.10 bits per heavy atom. The predicted octanol–water partition coefficient (Wildman–Crippen LogP) is 4.84. The highest BCUT2D eigenvalue weighted by molar-refractivity contribution is 6.17. The van der Waals surface area contributed by atoms with Gasteiger partial charge in [-0.05, 0) is 36.0 Å². The van der Waals surface area contributed by atoms with E-state index in [9.17, 15) is 13.2 Å². The SMILES string of the molecule is CC(C)(CCCCl)CNCc1ccc(C(F)(F)F)cc1. The summed E-state index contributed by atoms with van der Waals surface area (Å²) in [7, 11) is 0. The lowest BCUT2D eigenvalue weighted by Crippen LogP contribution is -2.29. The van der Waals surface area contributed by atoms with E-state index < -0.39 is 11.7 Å². The molecule has 0 spiro atoms. The van der Waals surface area contributed by atoms with Crippen LogP contribution in [-0.4, -0.2) is 12.4 Å². The molecular weight excluding hydrogens is 287 g/mol. The van der Waals surface area contributed by atoms with Gasteiger partial charge in [-0.1, -0.05) is 26.0 Å². The highest BCUT2D eigenvalue weighted by atomic mass is 35.5. The molecule has 0 atom stereocenters. The third-order valence-corrected chi connectivity index (χ3v) is 3.47. The third-order valence-electron chi connectivity index (χ3n) is 3.20. The number of rotatable bonds is 7. The van der Waals surface area contributed by atoms with Crippen molar-refractivity contribution in [3.63, 3.8) is 0 Å². The minimum Gasteiger partial charge on any atom is -0.312 e. The summed E-state index contributed by atoms with van der Waals surface area (Å²) in [6.45, 7) is 5.69. The summed E-state index contributed by atoms with van der Waals surface area (Å²) in [6, 6.07) is 5.27. The van der Waals surface area contributed by atoms with Gasteiger partial charge in [0.25, 0.3) is 0 Å². The van der Waals surface area contributed by atoms with Crippen molar-refractivity contribution in [2.75, 3.05) is 12.4 Å². The molecule has 0 aliphatic carbocycles. The van der Waals surface area contributed by atoms with E-state index in [1.54, 1.807) is 0 Å². The van der Waals surface area contributed by atoms with Crippen LogP contribution in [0.5, 0.6) is 0 Å². The zero-order valence-corrected chi connectivity index (χ0v) is 12.6. The van der Waals surface area contributed by atoms with Gasteiger partial charge >= 0.3 is 6.18 Å². The number of halogens is 4. The van der Waals surface area contributed by atoms with Crippen LogP contribution >= 0.6 is 11.6 Å². The largest absolute Gasteiger partial charge is 0.416 e. The Hall–Kier alpha value is -0.740. The van der Waals surface area contributed by atoms with Crippen molar-refractivity contribution in [2.45, 2.75) is 39.4 Å². The Balaban J connectivity index is 2.43. The molecule has 1 aromatic carbocycles. The van der Waals surface area contributed by atoms with Crippen LogP contribution in [0.15, 0.2) is 24.3 Å². The Kier molecular flexibility index (Phi) is 6.34. The highest BCUT2D eigenvalue weighted by Crippen LogP contribution is 2.29. The molecule has 1 aromatic rings. The van der Waals surface area contributed by atoms with Crippen molar-refractivity contribution in [2.24, 2.45) is 5.41 Å². The molecule has 0 aromatic heterocycles. The van der Waals surface area contributed by atoms with Crippen LogP contribution in [0.2, 0.25) is 0 Å². The Bertz CT molecular complexity index is 399. The maximum absolute atomic E-state index is 12.4. The third kappa shape index (κ3) is 6.14. The highest BCUT2D eigenvalue weighted by Gasteiger charge is 2.29. The van der Waals surface area contributed by atoms with Crippen LogP contribution in [0.3, 0.4) is 0 Å². The van der Waals surface area contributed by atoms with Gasteiger partial charge in [0.2, 0.25) is 0 Å². The first-order valence-corrected chi connectivity index (χ1v) is 7.21. The molecule has 1 nitrogen and oxygen atoms in total. The number of benzene rings is 1. The molecule has 0 unspecified atom stereocenters. The number of alkyl halides is 4. The molecule has 0 saturated carbocycles. The molecule has 0 bridgehead atoms. The molecule has 5 heteroatoms. The summed E-state index contributed by atoms with van der Waals surface area (Å²) in [6.07, 6.45) is -2.28. The lowest BCUT2D eigenvalue weighted by molar-refractivity contribution is -0.137. The van der Waals surface area contributed by atoms with E-state index in [1.165, 1.54) is 12.1 Å². The normalized spacial score (nSPS) is 12.7. The minimum absolute atomic E-state index is 0.140. The smallest absolute Gasteiger partial charge is 0.312 e. The average molecular weight is 308 g/mol. The summed E-state index contributed by atoms with van der Waals surface area (Å²) in [5.41, 5.74) is 0.385. The van der Waals surface area contributed by atoms with Gasteiger partial charge in [-0.3, -0.25) is 0 Å². The van der Waals surface area contributed by atoms with E-state index >= 15 is 0 Å². The molecule has 0 amide bonds. The van der Waals surface area contributed by atoms with Gasteiger partial charge in [0.15, 0.2) is 0 Å². The van der Waals surface area contributed by atoms with Gasteiger partial charge in [-0.2, -0.15) is 13.2 Å². The van der Waals surface area contributed by atoms with Gasteiger partial charge in [-0.25, -0.2) is 0 Å². The van der Waals surface area contributed by atoms with Crippen molar-refractivity contribution in [3.8, 4) is 0 Å². The summed E-state index contributed by atoms with van der Waals surface area (Å²) in [5, 5.41) is 3.28. The molecule has 1 rings (SSSR count). The summed E-state index contributed by atoms with van der Waals surface area (Å²) in [5.74, 6) is 0.655. The van der Waals surface area contributed by atoms with Gasteiger partial charge in [-0.15, -0.1) is 11.6 Å². The van der Waals surface area contributed by atoms with Crippen molar-refractivity contribution in [3.05, 3.63) is 35.4 Å². The second-order valence-corrected chi connectivity index (χ2v) is 6.13. The number of hydrogen-bond donors (Lipinski definition) is 1. The lowest BCUT2D eigenvalue weighted by atomic mass is 9.88. The first kappa shape index (κ1) is 17.3. The maximum Gasteiger partial charge on any atom is 0.416 e. The molecule has 20 heavy (non-hydrogen) atoms. The molecule has 0 heterocycles. The van der Waals surface area contributed by atoms with Crippen LogP contribution in [0, 0.1) is 5.41 Å². The molecule has 0 saturated heterocycles. The fourth-order valence-electron chi connectivity index (χ4n) is 1.99. The molecule has 0 aliphatic rings. The van der Waals surface area contributed by atoms with Crippen molar-refractivity contribution in [1.29, 1.82) is 0 Å². The molecule has 0 radical (unpaired) electrons. The summed E-state index contributed by atoms with van der Waals surface area (Å²) in [4.78, 5) is 0. The van der Waals surface area contributed by atoms with Crippen molar-refractivity contribution in [1.82, 2.24) is 5.32 Å². The minimum atomic E-state index is -4.27. The molecule has 0 fully saturated rings. The number of hydrogen-bond acceptors (Lipinski definition) is 1. The molecular formula is C15H21ClF3N. The van der Waals surface area contributed by atoms with Crippen LogP contribution in [0.1, 0.15) is 37.8 Å². The summed E-state index contributed by atoms with van der Waals surface area (Å²) < 4.78 is 37.3. The van der Waals surface area contributed by atoms with E-state index in [1.807, 2.05) is 0 Å². The first-order valence-electron chi connectivity index (χ1n) is 6.67. The first-order chi connectivity index (χ1) is 9.24. The quantitative estimate of drug-likeness (QED) is 0.711. The van der Waals surface area contributed by atoms with Gasteiger partial charge < -0.3 is 5.32 Å². The van der Waals surface area contributed by atoms with Crippen LogP contribution in [-0.2, 0) is 12.7 Å². The monoisotopic (exact) mass is 307 g/mol. The fourth-order valence-corrected chi connectivity index (χ4v) is 2.12. The lowest BCUT2D eigenvalue weighted by Gasteiger charge is -2.24. The predicted molar refractivity (Wildman–Crippen MR) is 76.9 cm³/mol. The average Bonchev–Trinajstić information content (AvgIpc) is 2.36. The molecule has 1 N–H and O–H groups in total. The Labute approximate surface area is 123 Å². The maximum atomic E-state index is 12.4. The van der Waals surface area contributed by atoms with Gasteiger partial charge in [0.05, 0.1) is 5.56 Å². The van der Waals surface area contributed by atoms with Gasteiger partial charge in [0.1, 0.15) is 0 Å². The van der Waals surface area contributed by atoms with Crippen LogP contribution in [0.4, 0.5) is 13.2 Å². The molecule has 0 aliphatic heterocycles. The Morgan fingerprint density at radius 2 is 1.70 bits per heavy atom. The van der Waals surface area contributed by atoms with E-state index in [0.717, 1.165) is 37.1 Å². The topological polar surface area (TPSA) is 12.0 Å². The van der Waals surface area contributed by atoms with Crippen molar-refractivity contribution >= 4 is 11.6 Å². The second kappa shape index (κ2) is 7.32. The zero-order valence-electron chi connectivity index (χ0n) is 11.9. The van der Waals surface area contributed by atoms with E-state index in [-0.39, 0.29) is 5.41 Å². The summed E-state index contributed by atoms with van der Waals surface area (Å²) >= 11 is 5.68. The molecule has 114 valence electrons. The van der Waals surface area contributed by atoms with Crippen LogP contribution < -0.4 is 5.32 Å². The van der Waals surface area contributed by atoms with Crippen molar-refractivity contribution < 1.29 is 13.2 Å². The van der Waals surface area contributed by atoms with Crippen LogP contribution in [0.25, 0.3) is 0 Å². The standard InChI is InChI=1S/C15H21ClF3N/c1-14(2,8-3-9-16)11-20-10-12-4-6-13(7-5-12)15(17,18)19/h4-7,20H,3,8-11H2,1-2H3.